The highest BCUT2D eigenvalue weighted by molar-refractivity contribution is 5.93. The molecule has 128 valence electrons. The van der Waals surface area contributed by atoms with Crippen molar-refractivity contribution in [3.05, 3.63) is 30.3 Å². The average molecular weight is 316 g/mol. The van der Waals surface area contributed by atoms with E-state index >= 15 is 0 Å². The fourth-order valence-electron chi connectivity index (χ4n) is 3.48. The molecule has 0 spiro atoms. The first-order chi connectivity index (χ1) is 11.3. The smallest absolute Gasteiger partial charge is 0.226 e. The van der Waals surface area contributed by atoms with Crippen LogP contribution in [0.15, 0.2) is 30.3 Å². The van der Waals surface area contributed by atoms with Crippen LogP contribution in [0.25, 0.3) is 0 Å². The maximum absolute atomic E-state index is 12.4. The molecule has 0 unspecified atom stereocenters. The quantitative estimate of drug-likeness (QED) is 0.660. The van der Waals surface area contributed by atoms with Crippen molar-refractivity contribution in [3.63, 3.8) is 0 Å². The summed E-state index contributed by atoms with van der Waals surface area (Å²) in [6.07, 6.45) is 8.07. The molecular formula is C20H32N2O. The number of piperidine rings is 1. The molecule has 0 aliphatic carbocycles. The molecule has 23 heavy (non-hydrogen) atoms. The molecule has 0 atom stereocenters. The second-order valence-electron chi connectivity index (χ2n) is 6.59. The maximum Gasteiger partial charge on any atom is 0.226 e. The molecule has 1 saturated heterocycles. The first kappa shape index (κ1) is 18.0. The Bertz CT molecular complexity index is 452. The van der Waals surface area contributed by atoms with Gasteiger partial charge in [0, 0.05) is 31.2 Å². The van der Waals surface area contributed by atoms with E-state index < -0.39 is 0 Å². The average Bonchev–Trinajstić information content (AvgIpc) is 2.61. The highest BCUT2D eigenvalue weighted by Crippen LogP contribution is 2.24. The molecule has 1 fully saturated rings. The molecule has 1 aromatic rings. The van der Waals surface area contributed by atoms with Crippen molar-refractivity contribution in [1.29, 1.82) is 0 Å². The van der Waals surface area contributed by atoms with Crippen LogP contribution in [-0.4, -0.2) is 36.5 Å². The van der Waals surface area contributed by atoms with Crippen molar-refractivity contribution >= 4 is 11.6 Å². The van der Waals surface area contributed by atoms with Gasteiger partial charge in [-0.15, -0.1) is 0 Å². The number of amides is 1. The highest BCUT2D eigenvalue weighted by Gasteiger charge is 2.27. The van der Waals surface area contributed by atoms with Gasteiger partial charge in [-0.3, -0.25) is 4.79 Å². The molecular weight excluding hydrogens is 284 g/mol. The topological polar surface area (TPSA) is 23.6 Å². The molecule has 2 rings (SSSR count). The Kier molecular flexibility index (Phi) is 7.60. The first-order valence-electron chi connectivity index (χ1n) is 9.35. The van der Waals surface area contributed by atoms with Crippen LogP contribution in [-0.2, 0) is 4.79 Å². The van der Waals surface area contributed by atoms with E-state index in [1.165, 1.54) is 32.2 Å². The van der Waals surface area contributed by atoms with Crippen LogP contribution in [0.5, 0.6) is 0 Å². The van der Waals surface area contributed by atoms with Crippen LogP contribution >= 0.6 is 0 Å². The second-order valence-corrected chi connectivity index (χ2v) is 6.59. The lowest BCUT2D eigenvalue weighted by Gasteiger charge is -2.38. The standard InChI is InChI=1S/C20H32N2O/c1-3-5-6-10-15-21-16-13-19(14-17-21)22(20(23)4-2)18-11-8-7-9-12-18/h7-9,11-12,19H,3-6,10,13-17H2,1-2H3. The summed E-state index contributed by atoms with van der Waals surface area (Å²) in [6.45, 7) is 7.68. The third-order valence-corrected chi connectivity index (χ3v) is 4.86. The summed E-state index contributed by atoms with van der Waals surface area (Å²) in [4.78, 5) is 17.1. The van der Waals surface area contributed by atoms with Gasteiger partial charge in [-0.25, -0.2) is 0 Å². The number of hydrogen-bond donors (Lipinski definition) is 0. The monoisotopic (exact) mass is 316 g/mol. The van der Waals surface area contributed by atoms with Gasteiger partial charge in [-0.05, 0) is 37.9 Å². The number of unbranched alkanes of at least 4 members (excludes halogenated alkanes) is 3. The highest BCUT2D eigenvalue weighted by atomic mass is 16.2. The molecule has 0 radical (unpaired) electrons. The predicted molar refractivity (Wildman–Crippen MR) is 97.8 cm³/mol. The van der Waals surface area contributed by atoms with Crippen molar-refractivity contribution in [2.75, 3.05) is 24.5 Å². The lowest BCUT2D eigenvalue weighted by Crippen LogP contribution is -2.47. The summed E-state index contributed by atoms with van der Waals surface area (Å²) in [5.41, 5.74) is 1.06. The summed E-state index contributed by atoms with van der Waals surface area (Å²) < 4.78 is 0. The largest absolute Gasteiger partial charge is 0.309 e. The normalized spacial score (nSPS) is 16.4. The Hall–Kier alpha value is -1.35. The number of nitrogens with zero attached hydrogens (tertiary/aromatic N) is 2. The van der Waals surface area contributed by atoms with E-state index in [0.29, 0.717) is 12.5 Å². The Morgan fingerprint density at radius 2 is 1.78 bits per heavy atom. The van der Waals surface area contributed by atoms with Gasteiger partial charge in [0.1, 0.15) is 0 Å². The zero-order chi connectivity index (χ0) is 16.5. The Morgan fingerprint density at radius 3 is 2.39 bits per heavy atom. The minimum absolute atomic E-state index is 0.248. The number of carbonyl (C=O) groups is 1. The van der Waals surface area contributed by atoms with Gasteiger partial charge in [0.05, 0.1) is 0 Å². The molecule has 1 aromatic carbocycles. The molecule has 0 N–H and O–H groups in total. The second kappa shape index (κ2) is 9.71. The van der Waals surface area contributed by atoms with Crippen LogP contribution < -0.4 is 4.90 Å². The van der Waals surface area contributed by atoms with Gasteiger partial charge in [0.25, 0.3) is 0 Å². The van der Waals surface area contributed by atoms with Crippen LogP contribution in [0.2, 0.25) is 0 Å². The lowest BCUT2D eigenvalue weighted by molar-refractivity contribution is -0.119. The molecule has 1 heterocycles. The van der Waals surface area contributed by atoms with E-state index in [2.05, 4.69) is 28.9 Å². The van der Waals surface area contributed by atoms with E-state index in [1.807, 2.05) is 25.1 Å². The van der Waals surface area contributed by atoms with Crippen molar-refractivity contribution in [2.45, 2.75) is 64.8 Å². The fourth-order valence-corrected chi connectivity index (χ4v) is 3.48. The van der Waals surface area contributed by atoms with Gasteiger partial charge < -0.3 is 9.80 Å². The van der Waals surface area contributed by atoms with Gasteiger partial charge in [0.15, 0.2) is 0 Å². The zero-order valence-corrected chi connectivity index (χ0v) is 14.8. The number of anilines is 1. The van der Waals surface area contributed by atoms with E-state index in [9.17, 15) is 4.79 Å². The van der Waals surface area contributed by atoms with Crippen LogP contribution in [0.1, 0.15) is 58.8 Å². The van der Waals surface area contributed by atoms with E-state index in [-0.39, 0.29) is 5.91 Å². The molecule has 0 bridgehead atoms. The number of rotatable bonds is 8. The summed E-state index contributed by atoms with van der Waals surface area (Å²) >= 11 is 0. The van der Waals surface area contributed by atoms with Crippen molar-refractivity contribution in [3.8, 4) is 0 Å². The van der Waals surface area contributed by atoms with Gasteiger partial charge in [0.2, 0.25) is 5.91 Å². The summed E-state index contributed by atoms with van der Waals surface area (Å²) in [7, 11) is 0. The molecule has 3 heteroatoms. The van der Waals surface area contributed by atoms with E-state index in [1.54, 1.807) is 0 Å². The SMILES string of the molecule is CCCCCCN1CCC(N(C(=O)CC)c2ccccc2)CC1. The number of hydrogen-bond acceptors (Lipinski definition) is 2. The van der Waals surface area contributed by atoms with Gasteiger partial charge in [-0.1, -0.05) is 51.3 Å². The van der Waals surface area contributed by atoms with Crippen molar-refractivity contribution < 1.29 is 4.79 Å². The first-order valence-corrected chi connectivity index (χ1v) is 9.35. The third kappa shape index (κ3) is 5.35. The zero-order valence-electron chi connectivity index (χ0n) is 14.8. The van der Waals surface area contributed by atoms with E-state index in [0.717, 1.165) is 31.6 Å². The van der Waals surface area contributed by atoms with Gasteiger partial charge in [-0.2, -0.15) is 0 Å². The Labute approximate surface area is 141 Å². The van der Waals surface area contributed by atoms with E-state index in [4.69, 9.17) is 0 Å². The Morgan fingerprint density at radius 1 is 1.09 bits per heavy atom. The van der Waals surface area contributed by atoms with Crippen molar-refractivity contribution in [2.24, 2.45) is 0 Å². The number of carbonyl (C=O) groups excluding carboxylic acids is 1. The molecule has 3 nitrogen and oxygen atoms in total. The van der Waals surface area contributed by atoms with Crippen LogP contribution in [0.3, 0.4) is 0 Å². The van der Waals surface area contributed by atoms with Crippen LogP contribution in [0, 0.1) is 0 Å². The summed E-state index contributed by atoms with van der Waals surface area (Å²) in [5, 5.41) is 0. The summed E-state index contributed by atoms with van der Waals surface area (Å²) in [5.74, 6) is 0.248. The molecule has 0 aromatic heterocycles. The lowest BCUT2D eigenvalue weighted by atomic mass is 10.0. The van der Waals surface area contributed by atoms with Gasteiger partial charge >= 0.3 is 0 Å². The fraction of sp³-hybridized carbons (Fsp3) is 0.650. The Balaban J connectivity index is 1.89. The number of likely N-dealkylation sites (tertiary alicyclic amines) is 1. The van der Waals surface area contributed by atoms with Crippen LogP contribution in [0.4, 0.5) is 5.69 Å². The molecule has 1 aliphatic heterocycles. The summed E-state index contributed by atoms with van der Waals surface area (Å²) in [6, 6.07) is 10.5. The maximum atomic E-state index is 12.4. The molecule has 1 aliphatic rings. The minimum Gasteiger partial charge on any atom is -0.309 e. The minimum atomic E-state index is 0.248. The number of benzene rings is 1. The predicted octanol–water partition coefficient (Wildman–Crippen LogP) is 4.47. The van der Waals surface area contributed by atoms with Crippen molar-refractivity contribution in [1.82, 2.24) is 4.90 Å². The number of para-hydroxylation sites is 1. The molecule has 0 saturated carbocycles. The third-order valence-electron chi connectivity index (χ3n) is 4.86. The molecule has 1 amide bonds.